The fourth-order valence-corrected chi connectivity index (χ4v) is 5.37. The van der Waals surface area contributed by atoms with Crippen LogP contribution in [0.5, 0.6) is 0 Å². The van der Waals surface area contributed by atoms with Crippen molar-refractivity contribution in [1.82, 2.24) is 14.7 Å². The Bertz CT molecular complexity index is 1100. The van der Waals surface area contributed by atoms with Gasteiger partial charge in [-0.25, -0.2) is 0 Å². The van der Waals surface area contributed by atoms with Gasteiger partial charge in [0.25, 0.3) is 0 Å². The first-order valence-corrected chi connectivity index (χ1v) is 13.8. The lowest BCUT2D eigenvalue weighted by Crippen LogP contribution is -2.55. The van der Waals surface area contributed by atoms with Crippen LogP contribution in [0.1, 0.15) is 43.6 Å². The Morgan fingerprint density at radius 1 is 1.13 bits per heavy atom. The minimum absolute atomic E-state index is 0.150. The van der Waals surface area contributed by atoms with Gasteiger partial charge in [-0.2, -0.15) is 0 Å². The highest BCUT2D eigenvalue weighted by Gasteiger charge is 2.39. The van der Waals surface area contributed by atoms with E-state index in [1.54, 1.807) is 25.1 Å². The van der Waals surface area contributed by atoms with E-state index in [1.807, 2.05) is 61.7 Å². The van der Waals surface area contributed by atoms with Gasteiger partial charge in [0.15, 0.2) is 0 Å². The van der Waals surface area contributed by atoms with Gasteiger partial charge < -0.3 is 25.5 Å². The Labute approximate surface area is 229 Å². The van der Waals surface area contributed by atoms with Crippen molar-refractivity contribution in [2.75, 3.05) is 33.7 Å². The molecule has 3 N–H and O–H groups in total. The fourth-order valence-electron chi connectivity index (χ4n) is 4.48. The van der Waals surface area contributed by atoms with Crippen molar-refractivity contribution in [1.29, 1.82) is 0 Å². The molecule has 0 unspecified atom stereocenters. The SMILES string of the molecule is CN(CC(=O)N(C)[C@H](Cc1ccccc1)C(=O)N1CCC(O)(c2cccs2)CC1)C(=O)/C=C/CC(C)(C)N. The van der Waals surface area contributed by atoms with E-state index in [9.17, 15) is 19.5 Å². The molecule has 9 heteroatoms. The lowest BCUT2D eigenvalue weighted by molar-refractivity contribution is -0.148. The molecule has 1 atom stereocenters. The van der Waals surface area contributed by atoms with Crippen molar-refractivity contribution in [2.24, 2.45) is 5.73 Å². The fraction of sp³-hybridized carbons (Fsp3) is 0.483. The highest BCUT2D eigenvalue weighted by molar-refractivity contribution is 7.10. The minimum Gasteiger partial charge on any atom is -0.384 e. The number of benzene rings is 1. The van der Waals surface area contributed by atoms with E-state index in [0.717, 1.165) is 10.4 Å². The van der Waals surface area contributed by atoms with Crippen LogP contribution in [0.2, 0.25) is 0 Å². The van der Waals surface area contributed by atoms with Crippen LogP contribution in [0, 0.1) is 0 Å². The molecule has 1 aliphatic rings. The number of likely N-dealkylation sites (N-methyl/N-ethyl adjacent to an activating group) is 2. The Morgan fingerprint density at radius 3 is 2.37 bits per heavy atom. The number of amides is 3. The third-order valence-corrected chi connectivity index (χ3v) is 8.02. The molecule has 1 fully saturated rings. The second-order valence-electron chi connectivity index (χ2n) is 10.8. The second-order valence-corrected chi connectivity index (χ2v) is 11.8. The summed E-state index contributed by atoms with van der Waals surface area (Å²) < 4.78 is 0. The van der Waals surface area contributed by atoms with Gasteiger partial charge in [0.1, 0.15) is 11.6 Å². The van der Waals surface area contributed by atoms with Crippen LogP contribution in [0.25, 0.3) is 0 Å². The van der Waals surface area contributed by atoms with Crippen molar-refractivity contribution in [3.8, 4) is 0 Å². The average Bonchev–Trinajstić information content (AvgIpc) is 3.43. The number of rotatable bonds is 10. The Kier molecular flexibility index (Phi) is 9.87. The molecule has 1 aromatic carbocycles. The molecule has 206 valence electrons. The third-order valence-electron chi connectivity index (χ3n) is 6.95. The Morgan fingerprint density at radius 2 is 1.79 bits per heavy atom. The van der Waals surface area contributed by atoms with Crippen LogP contribution < -0.4 is 5.73 Å². The van der Waals surface area contributed by atoms with E-state index >= 15 is 0 Å². The molecule has 8 nitrogen and oxygen atoms in total. The molecule has 2 aromatic rings. The quantitative estimate of drug-likeness (QED) is 0.451. The van der Waals surface area contributed by atoms with Crippen LogP contribution >= 0.6 is 11.3 Å². The summed E-state index contributed by atoms with van der Waals surface area (Å²) in [6.45, 7) is 4.41. The van der Waals surface area contributed by atoms with Gasteiger partial charge in [-0.05, 0) is 56.2 Å². The van der Waals surface area contributed by atoms with Gasteiger partial charge in [0, 0.05) is 44.0 Å². The second kappa shape index (κ2) is 12.7. The summed E-state index contributed by atoms with van der Waals surface area (Å²) in [6, 6.07) is 12.7. The smallest absolute Gasteiger partial charge is 0.246 e. The number of aliphatic hydroxyl groups is 1. The molecule has 1 saturated heterocycles. The highest BCUT2D eigenvalue weighted by atomic mass is 32.1. The zero-order chi connectivity index (χ0) is 27.9. The minimum atomic E-state index is -0.933. The molecular formula is C29H40N4O4S. The molecule has 0 bridgehead atoms. The van der Waals surface area contributed by atoms with Crippen molar-refractivity contribution >= 4 is 29.1 Å². The van der Waals surface area contributed by atoms with Crippen LogP contribution in [0.3, 0.4) is 0 Å². The zero-order valence-electron chi connectivity index (χ0n) is 22.8. The van der Waals surface area contributed by atoms with Crippen LogP contribution in [0.15, 0.2) is 60.0 Å². The maximum Gasteiger partial charge on any atom is 0.246 e. The predicted molar refractivity (Wildman–Crippen MR) is 150 cm³/mol. The van der Waals surface area contributed by atoms with Gasteiger partial charge in [-0.3, -0.25) is 14.4 Å². The first kappa shape index (κ1) is 29.5. The van der Waals surface area contributed by atoms with Crippen molar-refractivity contribution in [3.05, 3.63) is 70.4 Å². The number of likely N-dealkylation sites (tertiary alicyclic amines) is 1. The molecule has 0 aliphatic carbocycles. The van der Waals surface area contributed by atoms with Crippen LogP contribution in [-0.4, -0.2) is 82.8 Å². The summed E-state index contributed by atoms with van der Waals surface area (Å²) in [7, 11) is 3.18. The number of thiophene rings is 1. The topological polar surface area (TPSA) is 107 Å². The third kappa shape index (κ3) is 7.99. The lowest BCUT2D eigenvalue weighted by atomic mass is 9.89. The van der Waals surface area contributed by atoms with Gasteiger partial charge in [0.2, 0.25) is 17.7 Å². The van der Waals surface area contributed by atoms with E-state index < -0.39 is 17.2 Å². The number of piperidine rings is 1. The number of carbonyl (C=O) groups is 3. The molecule has 1 aromatic heterocycles. The molecule has 0 spiro atoms. The van der Waals surface area contributed by atoms with E-state index in [1.165, 1.54) is 27.2 Å². The first-order chi connectivity index (χ1) is 17.9. The largest absolute Gasteiger partial charge is 0.384 e. The summed E-state index contributed by atoms with van der Waals surface area (Å²) in [5, 5.41) is 13.1. The number of nitrogens with two attached hydrogens (primary N) is 1. The average molecular weight is 541 g/mol. The number of hydrogen-bond donors (Lipinski definition) is 2. The standard InChI is InChI=1S/C29H40N4O4S/c1-28(2,30)14-8-13-25(34)31(3)21-26(35)32(4)23(20-22-10-6-5-7-11-22)27(36)33-17-15-29(37,16-18-33)24-12-9-19-38-24/h5-13,19,23,37H,14-18,20-21,30H2,1-4H3/b13-8+/t23-/m1/s1. The summed E-state index contributed by atoms with van der Waals surface area (Å²) in [5.41, 5.74) is 5.54. The van der Waals surface area contributed by atoms with Gasteiger partial charge >= 0.3 is 0 Å². The van der Waals surface area contributed by atoms with Crippen LogP contribution in [0.4, 0.5) is 0 Å². The number of carbonyl (C=O) groups excluding carboxylic acids is 3. The van der Waals surface area contributed by atoms with E-state index in [-0.39, 0.29) is 24.3 Å². The normalized spacial score (nSPS) is 16.3. The molecule has 1 aliphatic heterocycles. The van der Waals surface area contributed by atoms with Crippen molar-refractivity contribution in [3.63, 3.8) is 0 Å². The molecule has 3 rings (SSSR count). The van der Waals surface area contributed by atoms with E-state index in [0.29, 0.717) is 38.8 Å². The maximum atomic E-state index is 13.8. The van der Waals surface area contributed by atoms with Crippen molar-refractivity contribution in [2.45, 2.75) is 56.7 Å². The van der Waals surface area contributed by atoms with Gasteiger partial charge in [0.05, 0.1) is 6.54 Å². The Hall–Kier alpha value is -3.01. The molecular weight excluding hydrogens is 500 g/mol. The molecule has 38 heavy (non-hydrogen) atoms. The summed E-state index contributed by atoms with van der Waals surface area (Å²) in [4.78, 5) is 45.0. The van der Waals surface area contributed by atoms with E-state index in [4.69, 9.17) is 5.73 Å². The van der Waals surface area contributed by atoms with Gasteiger partial charge in [-0.15, -0.1) is 11.3 Å². The predicted octanol–water partition coefficient (Wildman–Crippen LogP) is 2.77. The summed E-state index contributed by atoms with van der Waals surface area (Å²) in [6.07, 6.45) is 4.91. The molecule has 3 amide bonds. The molecule has 0 radical (unpaired) electrons. The van der Waals surface area contributed by atoms with Gasteiger partial charge in [-0.1, -0.05) is 42.5 Å². The zero-order valence-corrected chi connectivity index (χ0v) is 23.6. The molecule has 2 heterocycles. The number of nitrogens with zero attached hydrogens (tertiary/aromatic N) is 3. The van der Waals surface area contributed by atoms with Crippen LogP contribution in [-0.2, 0) is 26.4 Å². The monoisotopic (exact) mass is 540 g/mol. The maximum absolute atomic E-state index is 13.8. The first-order valence-electron chi connectivity index (χ1n) is 12.9. The lowest BCUT2D eigenvalue weighted by Gasteiger charge is -2.40. The summed E-state index contributed by atoms with van der Waals surface area (Å²) in [5.74, 6) is -0.780. The highest BCUT2D eigenvalue weighted by Crippen LogP contribution is 2.35. The van der Waals surface area contributed by atoms with Crippen molar-refractivity contribution < 1.29 is 19.5 Å². The summed E-state index contributed by atoms with van der Waals surface area (Å²) >= 11 is 1.52. The molecule has 0 saturated carbocycles. The number of hydrogen-bond acceptors (Lipinski definition) is 6. The Balaban J connectivity index is 1.69. The van der Waals surface area contributed by atoms with E-state index in [2.05, 4.69) is 0 Å².